The lowest BCUT2D eigenvalue weighted by Crippen LogP contribution is -2.13. The van der Waals surface area contributed by atoms with Crippen LogP contribution in [0.1, 0.15) is 24.9 Å². The molecule has 3 nitrogen and oxygen atoms in total. The van der Waals surface area contributed by atoms with Crippen LogP contribution < -0.4 is 10.1 Å². The Kier molecular flexibility index (Phi) is 5.44. The lowest BCUT2D eigenvalue weighted by Gasteiger charge is -2.05. The molecule has 20 heavy (non-hydrogen) atoms. The SMILES string of the molecule is CCCNCc1ccc(COc2ccc(F)c(Cl)c2)o1. The number of hydrogen-bond donors (Lipinski definition) is 1. The van der Waals surface area contributed by atoms with Crippen LogP contribution in [0.2, 0.25) is 5.02 Å². The summed E-state index contributed by atoms with van der Waals surface area (Å²) in [4.78, 5) is 0. The fraction of sp³-hybridized carbons (Fsp3) is 0.333. The maximum Gasteiger partial charge on any atom is 0.146 e. The molecule has 0 atom stereocenters. The van der Waals surface area contributed by atoms with Gasteiger partial charge in [-0.3, -0.25) is 0 Å². The van der Waals surface area contributed by atoms with Crippen LogP contribution in [0.5, 0.6) is 5.75 Å². The van der Waals surface area contributed by atoms with Crippen molar-refractivity contribution in [2.45, 2.75) is 26.5 Å². The van der Waals surface area contributed by atoms with Crippen molar-refractivity contribution in [3.63, 3.8) is 0 Å². The highest BCUT2D eigenvalue weighted by atomic mass is 35.5. The van der Waals surface area contributed by atoms with E-state index in [2.05, 4.69) is 12.2 Å². The molecule has 2 aromatic rings. The molecule has 0 amide bonds. The van der Waals surface area contributed by atoms with E-state index < -0.39 is 5.82 Å². The van der Waals surface area contributed by atoms with Crippen molar-refractivity contribution in [2.75, 3.05) is 6.54 Å². The third-order valence-electron chi connectivity index (χ3n) is 2.72. The summed E-state index contributed by atoms with van der Waals surface area (Å²) < 4.78 is 24.1. The quantitative estimate of drug-likeness (QED) is 0.780. The number of rotatable bonds is 7. The van der Waals surface area contributed by atoms with Gasteiger partial charge in [0.15, 0.2) is 0 Å². The molecule has 0 spiro atoms. The second-order valence-electron chi connectivity index (χ2n) is 4.41. The Morgan fingerprint density at radius 3 is 2.80 bits per heavy atom. The molecule has 0 saturated heterocycles. The molecule has 1 heterocycles. The Balaban J connectivity index is 1.85. The number of benzene rings is 1. The average molecular weight is 298 g/mol. The van der Waals surface area contributed by atoms with Gasteiger partial charge < -0.3 is 14.5 Å². The monoisotopic (exact) mass is 297 g/mol. The van der Waals surface area contributed by atoms with Crippen molar-refractivity contribution in [2.24, 2.45) is 0 Å². The predicted octanol–water partition coefficient (Wildman–Crippen LogP) is 4.15. The van der Waals surface area contributed by atoms with Gasteiger partial charge in [-0.05, 0) is 37.2 Å². The number of ether oxygens (including phenoxy) is 1. The van der Waals surface area contributed by atoms with E-state index in [0.717, 1.165) is 24.5 Å². The fourth-order valence-corrected chi connectivity index (χ4v) is 1.87. The lowest BCUT2D eigenvalue weighted by atomic mass is 10.3. The van der Waals surface area contributed by atoms with Gasteiger partial charge in [-0.25, -0.2) is 4.39 Å². The van der Waals surface area contributed by atoms with E-state index >= 15 is 0 Å². The molecule has 1 aromatic heterocycles. The van der Waals surface area contributed by atoms with Crippen molar-refractivity contribution in [1.29, 1.82) is 0 Å². The number of furan rings is 1. The van der Waals surface area contributed by atoms with Gasteiger partial charge in [-0.1, -0.05) is 18.5 Å². The third-order valence-corrected chi connectivity index (χ3v) is 3.01. The first kappa shape index (κ1) is 14.9. The predicted molar refractivity (Wildman–Crippen MR) is 76.4 cm³/mol. The highest BCUT2D eigenvalue weighted by Gasteiger charge is 2.05. The second-order valence-corrected chi connectivity index (χ2v) is 4.82. The van der Waals surface area contributed by atoms with Crippen LogP contribution in [-0.2, 0) is 13.2 Å². The molecular formula is C15H17ClFNO2. The second kappa shape index (κ2) is 7.31. The molecule has 0 fully saturated rings. The van der Waals surface area contributed by atoms with Gasteiger partial charge in [-0.2, -0.15) is 0 Å². The highest BCUT2D eigenvalue weighted by molar-refractivity contribution is 6.30. The zero-order valence-electron chi connectivity index (χ0n) is 11.3. The van der Waals surface area contributed by atoms with Crippen LogP contribution in [0.25, 0.3) is 0 Å². The lowest BCUT2D eigenvalue weighted by molar-refractivity contribution is 0.265. The minimum Gasteiger partial charge on any atom is -0.486 e. The molecule has 5 heteroatoms. The van der Waals surface area contributed by atoms with Gasteiger partial charge in [0, 0.05) is 6.07 Å². The van der Waals surface area contributed by atoms with E-state index in [-0.39, 0.29) is 11.6 Å². The standard InChI is InChI=1S/C15H17ClFNO2/c1-2-7-18-9-12-3-4-13(20-12)10-19-11-5-6-15(17)14(16)8-11/h3-6,8,18H,2,7,9-10H2,1H3. The Morgan fingerprint density at radius 1 is 1.25 bits per heavy atom. The highest BCUT2D eigenvalue weighted by Crippen LogP contribution is 2.22. The average Bonchev–Trinajstić information content (AvgIpc) is 2.88. The van der Waals surface area contributed by atoms with E-state index in [1.54, 1.807) is 0 Å². The van der Waals surface area contributed by atoms with E-state index in [4.69, 9.17) is 20.8 Å². The summed E-state index contributed by atoms with van der Waals surface area (Å²) in [5.74, 6) is 1.65. The Morgan fingerprint density at radius 2 is 2.05 bits per heavy atom. The zero-order valence-corrected chi connectivity index (χ0v) is 12.0. The van der Waals surface area contributed by atoms with Crippen molar-refractivity contribution in [3.8, 4) is 5.75 Å². The Bertz CT molecular complexity index is 557. The normalized spacial score (nSPS) is 10.8. The molecule has 0 bridgehead atoms. The van der Waals surface area contributed by atoms with Crippen molar-refractivity contribution >= 4 is 11.6 Å². The Hall–Kier alpha value is -1.52. The summed E-state index contributed by atoms with van der Waals surface area (Å²) in [5, 5.41) is 3.31. The molecule has 0 aliphatic rings. The molecule has 2 rings (SSSR count). The van der Waals surface area contributed by atoms with Gasteiger partial charge in [0.05, 0.1) is 11.6 Å². The molecule has 1 N–H and O–H groups in total. The van der Waals surface area contributed by atoms with E-state index in [1.807, 2.05) is 12.1 Å². The van der Waals surface area contributed by atoms with Crippen LogP contribution in [-0.4, -0.2) is 6.54 Å². The topological polar surface area (TPSA) is 34.4 Å². The van der Waals surface area contributed by atoms with Gasteiger partial charge in [0.2, 0.25) is 0 Å². The molecule has 1 aromatic carbocycles. The molecule has 0 radical (unpaired) electrons. The van der Waals surface area contributed by atoms with Gasteiger partial charge in [-0.15, -0.1) is 0 Å². The van der Waals surface area contributed by atoms with Crippen molar-refractivity contribution < 1.29 is 13.5 Å². The van der Waals surface area contributed by atoms with Crippen LogP contribution in [0.15, 0.2) is 34.7 Å². The maximum absolute atomic E-state index is 13.0. The molecule has 0 aliphatic heterocycles. The molecule has 0 aliphatic carbocycles. The smallest absolute Gasteiger partial charge is 0.146 e. The number of halogens is 2. The van der Waals surface area contributed by atoms with Crippen LogP contribution >= 0.6 is 11.6 Å². The Labute approximate surface area is 122 Å². The number of hydrogen-bond acceptors (Lipinski definition) is 3. The first-order chi connectivity index (χ1) is 9.69. The summed E-state index contributed by atoms with van der Waals surface area (Å²) in [5.41, 5.74) is 0. The van der Waals surface area contributed by atoms with Crippen molar-refractivity contribution in [1.82, 2.24) is 5.32 Å². The molecule has 0 saturated carbocycles. The maximum atomic E-state index is 13.0. The zero-order chi connectivity index (χ0) is 14.4. The minimum absolute atomic E-state index is 0.0476. The summed E-state index contributed by atoms with van der Waals surface area (Å²) in [7, 11) is 0. The summed E-state index contributed by atoms with van der Waals surface area (Å²) in [6, 6.07) is 8.05. The van der Waals surface area contributed by atoms with E-state index in [1.165, 1.54) is 18.2 Å². The van der Waals surface area contributed by atoms with Gasteiger partial charge in [0.1, 0.15) is 29.7 Å². The number of nitrogens with one attached hydrogen (secondary N) is 1. The van der Waals surface area contributed by atoms with Crippen LogP contribution in [0.4, 0.5) is 4.39 Å². The van der Waals surface area contributed by atoms with Gasteiger partial charge in [0.25, 0.3) is 0 Å². The van der Waals surface area contributed by atoms with E-state index in [9.17, 15) is 4.39 Å². The van der Waals surface area contributed by atoms with E-state index in [0.29, 0.717) is 12.3 Å². The molecule has 108 valence electrons. The summed E-state index contributed by atoms with van der Waals surface area (Å²) in [6.45, 7) is 4.06. The first-order valence-corrected chi connectivity index (χ1v) is 6.93. The minimum atomic E-state index is -0.457. The summed E-state index contributed by atoms with van der Waals surface area (Å²) in [6.07, 6.45) is 1.09. The van der Waals surface area contributed by atoms with Crippen LogP contribution in [0, 0.1) is 5.82 Å². The summed E-state index contributed by atoms with van der Waals surface area (Å²) >= 11 is 5.68. The largest absolute Gasteiger partial charge is 0.486 e. The fourth-order valence-electron chi connectivity index (χ4n) is 1.70. The molecular weight excluding hydrogens is 281 g/mol. The third kappa shape index (κ3) is 4.25. The molecule has 0 unspecified atom stereocenters. The van der Waals surface area contributed by atoms with Crippen LogP contribution in [0.3, 0.4) is 0 Å². The van der Waals surface area contributed by atoms with Gasteiger partial charge >= 0.3 is 0 Å². The van der Waals surface area contributed by atoms with Crippen molar-refractivity contribution in [3.05, 3.63) is 52.7 Å². The first-order valence-electron chi connectivity index (χ1n) is 6.55.